The summed E-state index contributed by atoms with van der Waals surface area (Å²) in [5.41, 5.74) is 0.127. The third-order valence-electron chi connectivity index (χ3n) is 2.59. The van der Waals surface area contributed by atoms with Crippen LogP contribution in [0.5, 0.6) is 5.75 Å². The highest BCUT2D eigenvalue weighted by Crippen LogP contribution is 2.26. The van der Waals surface area contributed by atoms with Crippen LogP contribution in [0.1, 0.15) is 6.42 Å². The first-order valence-electron chi connectivity index (χ1n) is 5.79. The zero-order chi connectivity index (χ0) is 15.1. The van der Waals surface area contributed by atoms with Gasteiger partial charge in [0.05, 0.1) is 18.1 Å². The molecule has 0 amide bonds. The third-order valence-corrected chi connectivity index (χ3v) is 2.59. The largest absolute Gasteiger partial charge is 0.496 e. The van der Waals surface area contributed by atoms with Crippen molar-refractivity contribution in [2.45, 2.75) is 12.5 Å². The predicted octanol–water partition coefficient (Wildman–Crippen LogP) is 1.50. The monoisotopic (exact) mass is 284 g/mol. The van der Waals surface area contributed by atoms with Crippen LogP contribution in [0.4, 0.5) is 11.4 Å². The Morgan fingerprint density at radius 1 is 1.45 bits per heavy atom. The maximum absolute atomic E-state index is 11.1. The standard InChI is InChI=1S/C12H16N2O6/c1-19-4-3-11(12(15)16)13-8-5-9(14(17)18)7-10(6-8)20-2/h5-7,11,13H,3-4H2,1-2H3,(H,15,16). The van der Waals surface area contributed by atoms with E-state index in [2.05, 4.69) is 5.32 Å². The number of carboxylic acids is 1. The lowest BCUT2D eigenvalue weighted by Crippen LogP contribution is -2.30. The van der Waals surface area contributed by atoms with E-state index in [0.717, 1.165) is 0 Å². The normalized spacial score (nSPS) is 11.7. The van der Waals surface area contributed by atoms with Crippen molar-refractivity contribution in [3.63, 3.8) is 0 Å². The molecule has 0 aromatic heterocycles. The summed E-state index contributed by atoms with van der Waals surface area (Å²) in [6.07, 6.45) is 0.233. The summed E-state index contributed by atoms with van der Waals surface area (Å²) in [4.78, 5) is 21.3. The van der Waals surface area contributed by atoms with E-state index < -0.39 is 16.9 Å². The molecule has 0 spiro atoms. The lowest BCUT2D eigenvalue weighted by Gasteiger charge is -2.15. The van der Waals surface area contributed by atoms with Crippen LogP contribution >= 0.6 is 0 Å². The zero-order valence-corrected chi connectivity index (χ0v) is 11.2. The van der Waals surface area contributed by atoms with Crippen molar-refractivity contribution in [1.29, 1.82) is 0 Å². The van der Waals surface area contributed by atoms with Crippen molar-refractivity contribution in [3.05, 3.63) is 28.3 Å². The van der Waals surface area contributed by atoms with Crippen LogP contribution in [0.3, 0.4) is 0 Å². The number of nitrogens with zero attached hydrogens (tertiary/aromatic N) is 1. The average Bonchev–Trinajstić information content (AvgIpc) is 2.42. The molecule has 8 nitrogen and oxygen atoms in total. The second-order valence-corrected chi connectivity index (χ2v) is 3.99. The first-order valence-corrected chi connectivity index (χ1v) is 5.79. The van der Waals surface area contributed by atoms with Crippen molar-refractivity contribution < 1.29 is 24.3 Å². The smallest absolute Gasteiger partial charge is 0.326 e. The molecule has 0 aliphatic carbocycles. The number of rotatable bonds is 8. The molecule has 0 fully saturated rings. The van der Waals surface area contributed by atoms with Crippen LogP contribution in [-0.4, -0.2) is 42.9 Å². The molecule has 1 unspecified atom stereocenters. The number of hydrogen-bond donors (Lipinski definition) is 2. The van der Waals surface area contributed by atoms with Crippen LogP contribution < -0.4 is 10.1 Å². The molecule has 1 atom stereocenters. The molecule has 20 heavy (non-hydrogen) atoms. The molecule has 1 aromatic carbocycles. The summed E-state index contributed by atoms with van der Waals surface area (Å²) < 4.78 is 9.78. The van der Waals surface area contributed by atoms with Crippen LogP contribution in [0.2, 0.25) is 0 Å². The van der Waals surface area contributed by atoms with Gasteiger partial charge >= 0.3 is 5.97 Å². The quantitative estimate of drug-likeness (QED) is 0.549. The number of nitrogens with one attached hydrogen (secondary N) is 1. The number of anilines is 1. The molecule has 8 heteroatoms. The summed E-state index contributed by atoms with van der Waals surface area (Å²) in [6.45, 7) is 0.260. The summed E-state index contributed by atoms with van der Waals surface area (Å²) in [7, 11) is 2.84. The lowest BCUT2D eigenvalue weighted by atomic mass is 10.2. The maximum Gasteiger partial charge on any atom is 0.326 e. The molecule has 0 bridgehead atoms. The molecule has 1 rings (SSSR count). The number of aliphatic carboxylic acids is 1. The van der Waals surface area contributed by atoms with Crippen molar-refractivity contribution >= 4 is 17.3 Å². The Kier molecular flexibility index (Phi) is 5.73. The van der Waals surface area contributed by atoms with E-state index >= 15 is 0 Å². The fourth-order valence-corrected chi connectivity index (χ4v) is 1.58. The van der Waals surface area contributed by atoms with Gasteiger partial charge in [0.2, 0.25) is 0 Å². The average molecular weight is 284 g/mol. The van der Waals surface area contributed by atoms with Crippen LogP contribution in [0, 0.1) is 10.1 Å². The topological polar surface area (TPSA) is 111 Å². The Bertz CT molecular complexity index is 491. The molecule has 0 aliphatic rings. The van der Waals surface area contributed by atoms with Crippen LogP contribution in [-0.2, 0) is 9.53 Å². The van der Waals surface area contributed by atoms with E-state index in [-0.39, 0.29) is 24.5 Å². The van der Waals surface area contributed by atoms with Gasteiger partial charge in [0.1, 0.15) is 11.8 Å². The fraction of sp³-hybridized carbons (Fsp3) is 0.417. The molecular formula is C12H16N2O6. The molecule has 0 saturated heterocycles. The first-order chi connectivity index (χ1) is 9.47. The highest BCUT2D eigenvalue weighted by Gasteiger charge is 2.19. The lowest BCUT2D eigenvalue weighted by molar-refractivity contribution is -0.384. The van der Waals surface area contributed by atoms with E-state index in [1.54, 1.807) is 0 Å². The molecule has 2 N–H and O–H groups in total. The van der Waals surface area contributed by atoms with E-state index in [0.29, 0.717) is 5.69 Å². The zero-order valence-electron chi connectivity index (χ0n) is 11.2. The number of carboxylic acid groups (broad SMARTS) is 1. The van der Waals surface area contributed by atoms with E-state index in [1.165, 1.54) is 32.4 Å². The minimum absolute atomic E-state index is 0.178. The minimum Gasteiger partial charge on any atom is -0.496 e. The van der Waals surface area contributed by atoms with Crippen molar-refractivity contribution in [1.82, 2.24) is 0 Å². The highest BCUT2D eigenvalue weighted by molar-refractivity contribution is 5.77. The van der Waals surface area contributed by atoms with Gasteiger partial charge in [-0.25, -0.2) is 4.79 Å². The van der Waals surface area contributed by atoms with Gasteiger partial charge in [-0.15, -0.1) is 0 Å². The van der Waals surface area contributed by atoms with Gasteiger partial charge in [0, 0.05) is 38.0 Å². The van der Waals surface area contributed by atoms with Gasteiger partial charge in [0.15, 0.2) is 0 Å². The number of non-ortho nitro benzene ring substituents is 1. The third kappa shape index (κ3) is 4.39. The predicted molar refractivity (Wildman–Crippen MR) is 71.2 cm³/mol. The van der Waals surface area contributed by atoms with E-state index in [1.807, 2.05) is 0 Å². The van der Waals surface area contributed by atoms with Crippen molar-refractivity contribution in [3.8, 4) is 5.75 Å². The number of hydrogen-bond acceptors (Lipinski definition) is 6. The summed E-state index contributed by atoms with van der Waals surface area (Å²) in [6, 6.07) is 3.11. The molecular weight excluding hydrogens is 268 g/mol. The summed E-state index contributed by atoms with van der Waals surface area (Å²) in [5, 5.41) is 22.6. The molecule has 0 aliphatic heterocycles. The molecule has 0 radical (unpaired) electrons. The number of nitro benzene ring substituents is 1. The van der Waals surface area contributed by atoms with Crippen LogP contribution in [0.25, 0.3) is 0 Å². The Balaban J connectivity index is 2.96. The molecule has 110 valence electrons. The number of benzene rings is 1. The molecule has 0 heterocycles. The van der Waals surface area contributed by atoms with Crippen molar-refractivity contribution in [2.75, 3.05) is 26.1 Å². The van der Waals surface area contributed by atoms with E-state index in [4.69, 9.17) is 14.6 Å². The fourth-order valence-electron chi connectivity index (χ4n) is 1.58. The number of nitro groups is 1. The van der Waals surface area contributed by atoms with Gasteiger partial charge in [-0.3, -0.25) is 10.1 Å². The van der Waals surface area contributed by atoms with Crippen molar-refractivity contribution in [2.24, 2.45) is 0 Å². The Morgan fingerprint density at radius 3 is 2.65 bits per heavy atom. The Labute approximate surface area is 115 Å². The summed E-state index contributed by atoms with van der Waals surface area (Å²) >= 11 is 0. The second kappa shape index (κ2) is 7.29. The van der Waals surface area contributed by atoms with Gasteiger partial charge in [-0.1, -0.05) is 0 Å². The number of carbonyl (C=O) groups is 1. The minimum atomic E-state index is -1.06. The molecule has 1 aromatic rings. The summed E-state index contributed by atoms with van der Waals surface area (Å²) in [5.74, 6) is -0.787. The number of methoxy groups -OCH3 is 2. The Hall–Kier alpha value is -2.35. The highest BCUT2D eigenvalue weighted by atomic mass is 16.6. The van der Waals surface area contributed by atoms with Gasteiger partial charge < -0.3 is 19.9 Å². The molecule has 0 saturated carbocycles. The Morgan fingerprint density at radius 2 is 2.15 bits per heavy atom. The SMILES string of the molecule is COCCC(Nc1cc(OC)cc([N+](=O)[O-])c1)C(=O)O. The maximum atomic E-state index is 11.1. The first kappa shape index (κ1) is 15.7. The van der Waals surface area contributed by atoms with Crippen LogP contribution in [0.15, 0.2) is 18.2 Å². The van der Waals surface area contributed by atoms with Gasteiger partial charge in [-0.05, 0) is 0 Å². The van der Waals surface area contributed by atoms with Gasteiger partial charge in [0.25, 0.3) is 5.69 Å². The number of ether oxygens (including phenoxy) is 2. The second-order valence-electron chi connectivity index (χ2n) is 3.99. The van der Waals surface area contributed by atoms with Gasteiger partial charge in [-0.2, -0.15) is 0 Å². The van der Waals surface area contributed by atoms with E-state index in [9.17, 15) is 14.9 Å².